The first kappa shape index (κ1) is 51.7. The number of imidazole rings is 2. The van der Waals surface area contributed by atoms with Crippen LogP contribution in [-0.4, -0.2) is 121 Å². The van der Waals surface area contributed by atoms with Crippen LogP contribution < -0.4 is 10.6 Å². The first-order chi connectivity index (χ1) is 28.2. The summed E-state index contributed by atoms with van der Waals surface area (Å²) in [6, 6.07) is 18.5. The Labute approximate surface area is 388 Å². The van der Waals surface area contributed by atoms with Crippen LogP contribution >= 0.6 is 54.0 Å². The van der Waals surface area contributed by atoms with Crippen LogP contribution in [0.3, 0.4) is 0 Å². The van der Waals surface area contributed by atoms with Crippen LogP contribution in [0.4, 0.5) is 9.59 Å². The number of fused-ring (bicyclic) bond motifs is 2. The van der Waals surface area contributed by atoms with Gasteiger partial charge >= 0.3 is 12.2 Å². The van der Waals surface area contributed by atoms with Gasteiger partial charge in [0.15, 0.2) is 0 Å². The molecule has 0 spiro atoms. The lowest BCUT2D eigenvalue weighted by atomic mass is 10.00. The number of nitrogens with zero attached hydrogens (tertiary/aromatic N) is 4. The minimum absolute atomic E-state index is 0. The van der Waals surface area contributed by atoms with Crippen LogP contribution in [0, 0.1) is 0 Å². The molecule has 4 amide bonds. The van der Waals surface area contributed by atoms with Crippen molar-refractivity contribution in [2.24, 2.45) is 0 Å². The van der Waals surface area contributed by atoms with Gasteiger partial charge in [0.25, 0.3) is 0 Å². The summed E-state index contributed by atoms with van der Waals surface area (Å²) in [7, 11) is 5.66. The molecule has 338 valence electrons. The summed E-state index contributed by atoms with van der Waals surface area (Å²) in [5.41, 5.74) is 7.46. The van der Waals surface area contributed by atoms with E-state index in [1.54, 1.807) is 24.0 Å². The number of amides is 4. The lowest BCUT2D eigenvalue weighted by Gasteiger charge is -2.28. The molecule has 2 saturated heterocycles. The number of aromatic amines is 2. The standard InChI is InChI=1S/C42H50N8O8.4H2S/c1-55-21-17-31(47-41(53)57-3)39(51)49-19-5-7-35(49)37-43-29-15-13-27(23-33(29)45-37)25-9-11-26(12-10-25)28-14-16-30-34(24-28)46-38(44-30)36-8-6-20-50(36)40(52)32(18-22-56-2)48-42(54)58-4;;;;/h9-16,23-24,31-32,35-36H,5-8,17-22H2,1-4H3,(H,43,45)(H,44,46)(H,47,53)(H,48,54);4*1H2/t31-,32-,35-,36-;;;;/m0..../s1. The fourth-order valence-electron chi connectivity index (χ4n) is 8.01. The SMILES string of the molecule is COCC[C@H](NC(=O)OC)C(=O)N1CCC[C@H]1c1nc2ccc(-c3ccc(-c4ccc5nc([C@@H]6CCCN6C(=O)[C@H](CCOC)NC(=O)OC)[nH]c5c4)cc3)cc2[nH]1.S.S.S.S. The molecule has 2 aliphatic rings. The number of carbonyl (C=O) groups is 4. The summed E-state index contributed by atoms with van der Waals surface area (Å²) in [5, 5.41) is 5.32. The Balaban J connectivity index is 0.00000256. The average molecular weight is 931 g/mol. The van der Waals surface area contributed by atoms with Crippen LogP contribution in [-0.2, 0) is 28.5 Å². The molecule has 16 nitrogen and oxygen atoms in total. The number of likely N-dealkylation sites (tertiary alicyclic amines) is 2. The van der Waals surface area contributed by atoms with Gasteiger partial charge in [-0.15, -0.1) is 0 Å². The minimum Gasteiger partial charge on any atom is -0.453 e. The fourth-order valence-corrected chi connectivity index (χ4v) is 8.01. The largest absolute Gasteiger partial charge is 0.453 e. The quantitative estimate of drug-likeness (QED) is 0.102. The van der Waals surface area contributed by atoms with Gasteiger partial charge in [0.05, 0.1) is 48.4 Å². The van der Waals surface area contributed by atoms with Crippen molar-refractivity contribution >= 4 is 100 Å². The molecule has 4 heterocycles. The number of aromatic nitrogens is 4. The number of H-pyrrole nitrogens is 2. The lowest BCUT2D eigenvalue weighted by molar-refractivity contribution is -0.135. The van der Waals surface area contributed by atoms with Gasteiger partial charge in [0, 0.05) is 53.4 Å². The first-order valence-electron chi connectivity index (χ1n) is 19.6. The molecule has 4 N–H and O–H groups in total. The van der Waals surface area contributed by atoms with Crippen LogP contribution in [0.1, 0.15) is 62.3 Å². The molecule has 0 radical (unpaired) electrons. The maximum Gasteiger partial charge on any atom is 0.407 e. The molecular weight excluding hydrogens is 873 g/mol. The number of hydrogen-bond acceptors (Lipinski definition) is 10. The monoisotopic (exact) mass is 930 g/mol. The van der Waals surface area contributed by atoms with Crippen molar-refractivity contribution in [3.63, 3.8) is 0 Å². The Kier molecular flexibility index (Phi) is 19.8. The Hall–Kier alpha value is -4.60. The van der Waals surface area contributed by atoms with E-state index in [4.69, 9.17) is 28.9 Å². The van der Waals surface area contributed by atoms with Gasteiger partial charge in [-0.1, -0.05) is 36.4 Å². The summed E-state index contributed by atoms with van der Waals surface area (Å²) in [6.45, 7) is 1.75. The highest BCUT2D eigenvalue weighted by Gasteiger charge is 2.38. The summed E-state index contributed by atoms with van der Waals surface area (Å²) >= 11 is 0. The summed E-state index contributed by atoms with van der Waals surface area (Å²) in [5.74, 6) is 1.04. The molecule has 0 unspecified atom stereocenters. The molecule has 4 atom stereocenters. The van der Waals surface area contributed by atoms with E-state index in [9.17, 15) is 19.2 Å². The molecule has 2 aliphatic heterocycles. The van der Waals surface area contributed by atoms with Gasteiger partial charge in [0.2, 0.25) is 11.8 Å². The highest BCUT2D eigenvalue weighted by atomic mass is 32.1. The van der Waals surface area contributed by atoms with E-state index in [-0.39, 0.29) is 77.9 Å². The van der Waals surface area contributed by atoms with Crippen molar-refractivity contribution in [3.05, 3.63) is 72.3 Å². The molecule has 20 heteroatoms. The molecule has 0 bridgehead atoms. The zero-order chi connectivity index (χ0) is 40.8. The Morgan fingerprint density at radius 2 is 0.984 bits per heavy atom. The first-order valence-corrected chi connectivity index (χ1v) is 19.6. The smallest absolute Gasteiger partial charge is 0.407 e. The average Bonchev–Trinajstić information content (AvgIpc) is 4.08. The molecule has 2 aromatic heterocycles. The van der Waals surface area contributed by atoms with Gasteiger partial charge in [-0.3, -0.25) is 9.59 Å². The van der Waals surface area contributed by atoms with Crippen molar-refractivity contribution in [1.82, 2.24) is 40.4 Å². The van der Waals surface area contributed by atoms with Crippen molar-refractivity contribution in [2.45, 2.75) is 62.7 Å². The summed E-state index contributed by atoms with van der Waals surface area (Å²) in [4.78, 5) is 71.5. The number of methoxy groups -OCH3 is 4. The second-order valence-corrected chi connectivity index (χ2v) is 14.6. The highest BCUT2D eigenvalue weighted by molar-refractivity contribution is 7.59. The normalized spacial score (nSPS) is 16.6. The van der Waals surface area contributed by atoms with Crippen LogP contribution in [0.2, 0.25) is 0 Å². The zero-order valence-corrected chi connectivity index (χ0v) is 39.2. The lowest BCUT2D eigenvalue weighted by Crippen LogP contribution is -2.49. The molecular formula is C42H58N8O8S4. The Morgan fingerprint density at radius 1 is 0.613 bits per heavy atom. The van der Waals surface area contributed by atoms with Gasteiger partial charge in [-0.2, -0.15) is 54.0 Å². The molecule has 62 heavy (non-hydrogen) atoms. The van der Waals surface area contributed by atoms with Gasteiger partial charge in [-0.05, 0) is 72.2 Å². The van der Waals surface area contributed by atoms with Crippen molar-refractivity contribution in [3.8, 4) is 22.3 Å². The van der Waals surface area contributed by atoms with E-state index in [1.165, 1.54) is 14.2 Å². The third-order valence-corrected chi connectivity index (χ3v) is 11.0. The second-order valence-electron chi connectivity index (χ2n) is 14.6. The number of hydrogen-bond donors (Lipinski definition) is 4. The van der Waals surface area contributed by atoms with Gasteiger partial charge < -0.3 is 49.3 Å². The maximum absolute atomic E-state index is 13.6. The number of carbonyl (C=O) groups excluding carboxylic acids is 4. The van der Waals surface area contributed by atoms with Crippen molar-refractivity contribution in [2.75, 3.05) is 54.7 Å². The van der Waals surface area contributed by atoms with E-state index < -0.39 is 24.3 Å². The van der Waals surface area contributed by atoms with Crippen molar-refractivity contribution in [1.29, 1.82) is 0 Å². The Bertz CT molecular complexity index is 2120. The predicted molar refractivity (Wildman–Crippen MR) is 257 cm³/mol. The summed E-state index contributed by atoms with van der Waals surface area (Å²) < 4.78 is 19.9. The number of benzene rings is 3. The molecule has 0 saturated carbocycles. The van der Waals surface area contributed by atoms with Crippen LogP contribution in [0.15, 0.2) is 60.7 Å². The van der Waals surface area contributed by atoms with Gasteiger partial charge in [0.1, 0.15) is 23.7 Å². The third kappa shape index (κ3) is 11.5. The fraction of sp³-hybridized carbons (Fsp3) is 0.429. The molecule has 0 aliphatic carbocycles. The van der Waals surface area contributed by atoms with Crippen molar-refractivity contribution < 1.29 is 38.1 Å². The molecule has 3 aromatic carbocycles. The number of alkyl carbamates (subject to hydrolysis) is 2. The second kappa shape index (κ2) is 23.7. The Morgan fingerprint density at radius 3 is 1.34 bits per heavy atom. The maximum atomic E-state index is 13.6. The number of ether oxygens (including phenoxy) is 4. The third-order valence-electron chi connectivity index (χ3n) is 11.0. The van der Waals surface area contributed by atoms with Crippen LogP contribution in [0.25, 0.3) is 44.3 Å². The minimum atomic E-state index is -0.769. The zero-order valence-electron chi connectivity index (χ0n) is 35.2. The van der Waals surface area contributed by atoms with E-state index in [1.807, 2.05) is 24.3 Å². The summed E-state index contributed by atoms with van der Waals surface area (Å²) in [6.07, 6.45) is 2.49. The number of rotatable bonds is 14. The highest BCUT2D eigenvalue weighted by Crippen LogP contribution is 2.35. The van der Waals surface area contributed by atoms with E-state index in [2.05, 4.69) is 57.0 Å². The van der Waals surface area contributed by atoms with Crippen LogP contribution in [0.5, 0.6) is 0 Å². The van der Waals surface area contributed by atoms with E-state index >= 15 is 0 Å². The topological polar surface area (TPSA) is 193 Å². The van der Waals surface area contributed by atoms with Gasteiger partial charge in [-0.25, -0.2) is 19.6 Å². The van der Waals surface area contributed by atoms with E-state index in [0.29, 0.717) is 50.8 Å². The molecule has 7 rings (SSSR count). The molecule has 2 fully saturated rings. The number of nitrogens with one attached hydrogen (secondary N) is 4. The molecule has 5 aromatic rings. The predicted octanol–water partition coefficient (Wildman–Crippen LogP) is 6.07. The van der Waals surface area contributed by atoms with E-state index in [0.717, 1.165) is 70.0 Å².